The van der Waals surface area contributed by atoms with E-state index >= 15 is 0 Å². The first kappa shape index (κ1) is 36.6. The first-order chi connectivity index (χ1) is 22.5. The number of rotatable bonds is 8. The van der Waals surface area contributed by atoms with E-state index in [2.05, 4.69) is 34.2 Å². The molecule has 3 aromatic rings. The van der Waals surface area contributed by atoms with E-state index < -0.39 is 46.6 Å². The van der Waals surface area contributed by atoms with Crippen LogP contribution in [0.3, 0.4) is 0 Å². The van der Waals surface area contributed by atoms with Gasteiger partial charge in [-0.25, -0.2) is 9.37 Å². The molecule has 2 aliphatic heterocycles. The summed E-state index contributed by atoms with van der Waals surface area (Å²) < 4.78 is 67.4. The van der Waals surface area contributed by atoms with Gasteiger partial charge >= 0.3 is 6.18 Å². The molecule has 2 aromatic carbocycles. The molecular weight excluding hydrogens is 630 g/mol. The first-order valence-electron chi connectivity index (χ1n) is 15.9. The Labute approximate surface area is 278 Å². The van der Waals surface area contributed by atoms with Crippen LogP contribution in [0, 0.1) is 17.7 Å². The van der Waals surface area contributed by atoms with Crippen molar-refractivity contribution in [1.29, 1.82) is 0 Å². The number of nitrogens with zero attached hydrogens (tertiary/aromatic N) is 4. The van der Waals surface area contributed by atoms with Crippen LogP contribution in [0.1, 0.15) is 85.7 Å². The topological polar surface area (TPSA) is 96.9 Å². The summed E-state index contributed by atoms with van der Waals surface area (Å²) in [4.78, 5) is 37.0. The number of likely N-dealkylation sites (tertiary alicyclic amines) is 1. The van der Waals surface area contributed by atoms with Gasteiger partial charge in [0.05, 0.1) is 29.5 Å². The normalized spacial score (nSPS) is 16.9. The molecule has 0 spiro atoms. The number of aromatic nitrogens is 2. The van der Waals surface area contributed by atoms with Crippen LogP contribution in [0.2, 0.25) is 0 Å². The zero-order chi connectivity index (χ0) is 35.6. The number of amides is 1. The summed E-state index contributed by atoms with van der Waals surface area (Å²) in [6, 6.07) is 6.86. The fraction of sp³-hybridized carbons (Fsp3) is 0.486. The molecule has 0 radical (unpaired) electrons. The lowest BCUT2D eigenvalue weighted by molar-refractivity contribution is -0.139. The summed E-state index contributed by atoms with van der Waals surface area (Å²) in [6.45, 7) is 12.0. The standard InChI is InChI=1S/C28H28F4N4O4.C7H15N/c1-7-14(2)23(37)15-11-21(39-6)19(12-18(15)29)34-26-33-13-17(28(30,31)32)24(35-26)40-20-10-8-9-16-22(20)25(38)36(5)27(16,3)4;1-7-3-5-8(2)6-4-7/h8-14H,7H2,1-6H3,(H,33,34,35);7H,3-6H2,1-2H3/t14-;/m1./s1. The zero-order valence-electron chi connectivity index (χ0n) is 28.6. The predicted molar refractivity (Wildman–Crippen MR) is 175 cm³/mol. The molecule has 1 atom stereocenters. The minimum absolute atomic E-state index is 0.0226. The number of ketones is 1. The maximum atomic E-state index is 14.9. The van der Waals surface area contributed by atoms with E-state index in [9.17, 15) is 27.2 Å². The molecule has 1 fully saturated rings. The summed E-state index contributed by atoms with van der Waals surface area (Å²) in [5, 5.41) is 2.64. The molecule has 0 aliphatic carbocycles. The number of Topliss-reactive ketones (excluding diaryl/α,β-unsaturated/α-hetero) is 1. The maximum absolute atomic E-state index is 14.9. The summed E-state index contributed by atoms with van der Waals surface area (Å²) in [5.41, 5.74) is -1.47. The average Bonchev–Trinajstić information content (AvgIpc) is 3.21. The highest BCUT2D eigenvalue weighted by Gasteiger charge is 2.43. The van der Waals surface area contributed by atoms with Crippen molar-refractivity contribution in [3.63, 3.8) is 0 Å². The van der Waals surface area contributed by atoms with E-state index in [1.54, 1.807) is 33.0 Å². The van der Waals surface area contributed by atoms with Crippen LogP contribution in [0.4, 0.5) is 29.2 Å². The number of hydrogen-bond acceptors (Lipinski definition) is 8. The van der Waals surface area contributed by atoms with Crippen LogP contribution in [-0.2, 0) is 11.7 Å². The van der Waals surface area contributed by atoms with Crippen LogP contribution in [0.25, 0.3) is 0 Å². The number of carbonyl (C=O) groups is 2. The number of ether oxygens (including phenoxy) is 2. The third-order valence-corrected chi connectivity index (χ3v) is 9.18. The Kier molecular flexibility index (Phi) is 11.0. The molecule has 3 heterocycles. The molecule has 9 nitrogen and oxygen atoms in total. The van der Waals surface area contributed by atoms with Crippen molar-refractivity contribution in [2.45, 2.75) is 65.6 Å². The Balaban J connectivity index is 0.000000569. The summed E-state index contributed by atoms with van der Waals surface area (Å²) in [5.74, 6) is -2.39. The molecule has 1 amide bonds. The van der Waals surface area contributed by atoms with Gasteiger partial charge in [-0.1, -0.05) is 32.9 Å². The summed E-state index contributed by atoms with van der Waals surface area (Å²) in [6.07, 6.45) is -1.05. The molecule has 5 rings (SSSR count). The van der Waals surface area contributed by atoms with Gasteiger partial charge in [0.25, 0.3) is 5.91 Å². The molecule has 1 N–H and O–H groups in total. The van der Waals surface area contributed by atoms with E-state index in [4.69, 9.17) is 9.47 Å². The fourth-order valence-electron chi connectivity index (χ4n) is 5.47. The van der Waals surface area contributed by atoms with E-state index in [1.165, 1.54) is 50.1 Å². The van der Waals surface area contributed by atoms with Crippen LogP contribution in [-0.4, -0.2) is 65.8 Å². The predicted octanol–water partition coefficient (Wildman–Crippen LogP) is 8.08. The monoisotopic (exact) mass is 673 g/mol. The van der Waals surface area contributed by atoms with Gasteiger partial charge in [-0.2, -0.15) is 18.2 Å². The number of carbonyl (C=O) groups excluding carboxylic acids is 2. The molecule has 0 bridgehead atoms. The molecule has 13 heteroatoms. The van der Waals surface area contributed by atoms with E-state index in [0.717, 1.165) is 12.0 Å². The molecule has 0 saturated carbocycles. The Hall–Kier alpha value is -4.26. The number of fused-ring (bicyclic) bond motifs is 1. The lowest BCUT2D eigenvalue weighted by Crippen LogP contribution is -2.35. The second kappa shape index (κ2) is 14.5. The molecular formula is C35H43F4N5O4. The quantitative estimate of drug-likeness (QED) is 0.189. The van der Waals surface area contributed by atoms with Crippen LogP contribution < -0.4 is 14.8 Å². The second-order valence-corrected chi connectivity index (χ2v) is 12.9. The third-order valence-electron chi connectivity index (χ3n) is 9.18. The first-order valence-corrected chi connectivity index (χ1v) is 15.9. The van der Waals surface area contributed by atoms with Crippen LogP contribution in [0.15, 0.2) is 36.5 Å². The molecule has 2 aliphatic rings. The Bertz CT molecular complexity index is 1640. The van der Waals surface area contributed by atoms with E-state index in [0.29, 0.717) is 18.2 Å². The number of alkyl halides is 3. The number of methoxy groups -OCH3 is 1. The molecule has 1 saturated heterocycles. The maximum Gasteiger partial charge on any atom is 0.423 e. The van der Waals surface area contributed by atoms with Gasteiger partial charge < -0.3 is 24.6 Å². The van der Waals surface area contributed by atoms with Crippen molar-refractivity contribution in [2.75, 3.05) is 39.6 Å². The smallest absolute Gasteiger partial charge is 0.423 e. The van der Waals surface area contributed by atoms with Gasteiger partial charge in [0.2, 0.25) is 11.8 Å². The number of benzene rings is 2. The van der Waals surface area contributed by atoms with E-state index in [-0.39, 0.29) is 34.3 Å². The molecule has 1 aromatic heterocycles. The van der Waals surface area contributed by atoms with Gasteiger partial charge in [0, 0.05) is 25.2 Å². The SMILES string of the molecule is CC1CCN(C)CC1.CC[C@@H](C)C(=O)c1cc(OC)c(Nc2ncc(C(F)(F)F)c(Oc3cccc4c3C(=O)N(C)C4(C)C)n2)cc1F. The minimum atomic E-state index is -4.88. The minimum Gasteiger partial charge on any atom is -0.495 e. The Morgan fingerprint density at radius 2 is 1.81 bits per heavy atom. The van der Waals surface area contributed by atoms with Crippen molar-refractivity contribution in [3.05, 3.63) is 64.6 Å². The number of piperidine rings is 1. The molecule has 48 heavy (non-hydrogen) atoms. The fourth-order valence-corrected chi connectivity index (χ4v) is 5.47. The Morgan fingerprint density at radius 1 is 1.15 bits per heavy atom. The lowest BCUT2D eigenvalue weighted by Gasteiger charge is -2.28. The van der Waals surface area contributed by atoms with Crippen molar-refractivity contribution < 1.29 is 36.6 Å². The van der Waals surface area contributed by atoms with Gasteiger partial charge in [0.1, 0.15) is 22.9 Å². The number of hydrogen-bond donors (Lipinski definition) is 1. The third kappa shape index (κ3) is 7.72. The summed E-state index contributed by atoms with van der Waals surface area (Å²) in [7, 11) is 5.09. The van der Waals surface area contributed by atoms with Crippen molar-refractivity contribution in [3.8, 4) is 17.4 Å². The van der Waals surface area contributed by atoms with Gasteiger partial charge in [-0.3, -0.25) is 9.59 Å². The largest absolute Gasteiger partial charge is 0.495 e. The second-order valence-electron chi connectivity index (χ2n) is 12.9. The van der Waals surface area contributed by atoms with Crippen molar-refractivity contribution in [1.82, 2.24) is 19.8 Å². The molecule has 0 unspecified atom stereocenters. The lowest BCUT2D eigenvalue weighted by atomic mass is 9.94. The molecule has 260 valence electrons. The number of anilines is 2. The van der Waals surface area contributed by atoms with Crippen molar-refractivity contribution >= 4 is 23.3 Å². The van der Waals surface area contributed by atoms with E-state index in [1.807, 2.05) is 13.8 Å². The number of nitrogens with one attached hydrogen (secondary N) is 1. The van der Waals surface area contributed by atoms with Crippen LogP contribution >= 0.6 is 0 Å². The average molecular weight is 674 g/mol. The Morgan fingerprint density at radius 3 is 2.40 bits per heavy atom. The van der Waals surface area contributed by atoms with Gasteiger partial charge in [-0.15, -0.1) is 0 Å². The highest BCUT2D eigenvalue weighted by Crippen LogP contribution is 2.44. The van der Waals surface area contributed by atoms with Crippen LogP contribution in [0.5, 0.6) is 17.4 Å². The highest BCUT2D eigenvalue weighted by molar-refractivity contribution is 6.02. The van der Waals surface area contributed by atoms with Crippen molar-refractivity contribution in [2.24, 2.45) is 11.8 Å². The van der Waals surface area contributed by atoms with Gasteiger partial charge in [-0.05, 0) is 76.9 Å². The zero-order valence-corrected chi connectivity index (χ0v) is 28.6. The highest BCUT2D eigenvalue weighted by atomic mass is 19.4. The number of halogens is 4. The summed E-state index contributed by atoms with van der Waals surface area (Å²) >= 11 is 0. The van der Waals surface area contributed by atoms with Gasteiger partial charge in [0.15, 0.2) is 5.78 Å².